The molecule has 0 radical (unpaired) electrons. The van der Waals surface area contributed by atoms with E-state index < -0.39 is 6.09 Å². The number of alkyl carbamates (subject to hydrolysis) is 1. The van der Waals surface area contributed by atoms with E-state index in [9.17, 15) is 9.59 Å². The summed E-state index contributed by atoms with van der Waals surface area (Å²) in [7, 11) is 0. The van der Waals surface area contributed by atoms with Crippen molar-refractivity contribution < 1.29 is 18.8 Å². The Morgan fingerprint density at radius 3 is 2.71 bits per heavy atom. The number of hydrogen-bond acceptors (Lipinski definition) is 7. The van der Waals surface area contributed by atoms with Gasteiger partial charge in [-0.15, -0.1) is 11.8 Å². The number of carbonyl (C=O) groups excluding carboxylic acids is 2. The molecule has 1 heterocycles. The molecule has 9 heteroatoms. The zero-order valence-corrected chi connectivity index (χ0v) is 15.4. The van der Waals surface area contributed by atoms with E-state index in [0.717, 1.165) is 6.42 Å². The van der Waals surface area contributed by atoms with Crippen LogP contribution in [0, 0.1) is 12.8 Å². The first-order valence-corrected chi connectivity index (χ1v) is 9.13. The maximum atomic E-state index is 11.9. The highest BCUT2D eigenvalue weighted by atomic mass is 32.2. The molecule has 0 aliphatic rings. The third-order valence-electron chi connectivity index (χ3n) is 2.93. The predicted molar refractivity (Wildman–Crippen MR) is 91.6 cm³/mol. The molecule has 1 rings (SSSR count). The number of rotatable bonds is 10. The number of carbonyl (C=O) groups is 2. The van der Waals surface area contributed by atoms with E-state index >= 15 is 0 Å². The smallest absolute Gasteiger partial charge is 0.407 e. The molecule has 0 fully saturated rings. The van der Waals surface area contributed by atoms with Crippen LogP contribution in [0.1, 0.15) is 38.9 Å². The zero-order chi connectivity index (χ0) is 17.9. The summed E-state index contributed by atoms with van der Waals surface area (Å²) in [4.78, 5) is 27.5. The lowest BCUT2D eigenvalue weighted by Gasteiger charge is -2.20. The van der Waals surface area contributed by atoms with Crippen molar-refractivity contribution in [3.05, 3.63) is 11.7 Å². The molecule has 2 N–H and O–H groups in total. The predicted octanol–water partition coefficient (Wildman–Crippen LogP) is 1.89. The highest BCUT2D eigenvalue weighted by Crippen LogP contribution is 2.09. The van der Waals surface area contributed by atoms with Crippen LogP contribution in [0.4, 0.5) is 4.79 Å². The van der Waals surface area contributed by atoms with Gasteiger partial charge in [0.25, 0.3) is 0 Å². The van der Waals surface area contributed by atoms with Gasteiger partial charge < -0.3 is 19.9 Å². The topological polar surface area (TPSA) is 106 Å². The second-order valence-electron chi connectivity index (χ2n) is 5.72. The fourth-order valence-corrected chi connectivity index (χ4v) is 2.71. The second kappa shape index (κ2) is 10.9. The number of nitrogens with zero attached hydrogens (tertiary/aromatic N) is 2. The minimum Gasteiger partial charge on any atom is -0.450 e. The summed E-state index contributed by atoms with van der Waals surface area (Å²) in [6.07, 6.45) is 0.299. The Hall–Kier alpha value is -1.77. The van der Waals surface area contributed by atoms with Gasteiger partial charge in [-0.05, 0) is 19.3 Å². The molecule has 1 atom stereocenters. The van der Waals surface area contributed by atoms with Gasteiger partial charge in [0.2, 0.25) is 11.8 Å². The van der Waals surface area contributed by atoms with Crippen molar-refractivity contribution in [2.45, 2.75) is 45.9 Å². The first-order chi connectivity index (χ1) is 11.4. The first kappa shape index (κ1) is 20.3. The van der Waals surface area contributed by atoms with Gasteiger partial charge in [-0.25, -0.2) is 4.79 Å². The van der Waals surface area contributed by atoms with Gasteiger partial charge in [-0.1, -0.05) is 19.0 Å². The molecule has 136 valence electrons. The van der Waals surface area contributed by atoms with Crippen LogP contribution in [0.25, 0.3) is 0 Å². The quantitative estimate of drug-likeness (QED) is 0.658. The highest BCUT2D eigenvalue weighted by molar-refractivity contribution is 7.99. The molecule has 0 aliphatic heterocycles. The van der Waals surface area contributed by atoms with Gasteiger partial charge in [0.05, 0.1) is 18.1 Å². The zero-order valence-electron chi connectivity index (χ0n) is 14.6. The van der Waals surface area contributed by atoms with Crippen LogP contribution in [0.3, 0.4) is 0 Å². The third kappa shape index (κ3) is 8.76. The van der Waals surface area contributed by atoms with Gasteiger partial charge in [0, 0.05) is 19.5 Å². The Balaban J connectivity index is 2.30. The molecule has 0 aliphatic carbocycles. The number of thioether (sulfide) groups is 1. The van der Waals surface area contributed by atoms with E-state index in [4.69, 9.17) is 9.26 Å². The summed E-state index contributed by atoms with van der Waals surface area (Å²) in [6, 6.07) is -0.155. The van der Waals surface area contributed by atoms with Gasteiger partial charge in [0.15, 0.2) is 5.82 Å². The Morgan fingerprint density at radius 2 is 2.12 bits per heavy atom. The van der Waals surface area contributed by atoms with Crippen LogP contribution in [-0.4, -0.2) is 47.1 Å². The minimum atomic E-state index is -0.459. The fraction of sp³-hybridized carbons (Fsp3) is 0.733. The number of hydrogen-bond donors (Lipinski definition) is 2. The summed E-state index contributed by atoms with van der Waals surface area (Å²) in [5.41, 5.74) is 0. The molecule has 0 spiro atoms. The molecule has 1 aromatic rings. The Labute approximate surface area is 146 Å². The summed E-state index contributed by atoms with van der Waals surface area (Å²) in [5, 5.41) is 9.38. The molecular weight excluding hydrogens is 332 g/mol. The van der Waals surface area contributed by atoms with E-state index in [1.54, 1.807) is 13.8 Å². The summed E-state index contributed by atoms with van der Waals surface area (Å²) < 4.78 is 9.75. The van der Waals surface area contributed by atoms with Crippen LogP contribution < -0.4 is 10.6 Å². The van der Waals surface area contributed by atoms with Crippen LogP contribution in [-0.2, 0) is 15.3 Å². The maximum Gasteiger partial charge on any atom is 0.407 e. The lowest BCUT2D eigenvalue weighted by Crippen LogP contribution is -2.45. The van der Waals surface area contributed by atoms with E-state index in [2.05, 4.69) is 34.6 Å². The average Bonchev–Trinajstić information content (AvgIpc) is 2.90. The van der Waals surface area contributed by atoms with Crippen molar-refractivity contribution in [3.63, 3.8) is 0 Å². The largest absolute Gasteiger partial charge is 0.450 e. The van der Waals surface area contributed by atoms with Gasteiger partial charge in [0.1, 0.15) is 0 Å². The highest BCUT2D eigenvalue weighted by Gasteiger charge is 2.16. The van der Waals surface area contributed by atoms with Gasteiger partial charge in [-0.2, -0.15) is 4.98 Å². The minimum absolute atomic E-state index is 0.0976. The van der Waals surface area contributed by atoms with Crippen molar-refractivity contribution in [2.24, 2.45) is 5.92 Å². The lowest BCUT2D eigenvalue weighted by atomic mass is 10.0. The second-order valence-corrected chi connectivity index (χ2v) is 6.70. The molecule has 0 bridgehead atoms. The van der Waals surface area contributed by atoms with Crippen molar-refractivity contribution >= 4 is 23.8 Å². The molecule has 8 nitrogen and oxygen atoms in total. The Bertz CT molecular complexity index is 521. The number of nitrogens with one attached hydrogen (secondary N) is 2. The van der Waals surface area contributed by atoms with Crippen LogP contribution >= 0.6 is 11.8 Å². The molecule has 0 saturated carbocycles. The van der Waals surface area contributed by atoms with E-state index in [-0.39, 0.29) is 11.9 Å². The molecule has 0 aromatic carbocycles. The summed E-state index contributed by atoms with van der Waals surface area (Å²) in [5.74, 6) is 2.19. The van der Waals surface area contributed by atoms with E-state index in [0.29, 0.717) is 42.3 Å². The molecule has 1 unspecified atom stereocenters. The Morgan fingerprint density at radius 1 is 1.38 bits per heavy atom. The van der Waals surface area contributed by atoms with Crippen LogP contribution in [0.5, 0.6) is 0 Å². The van der Waals surface area contributed by atoms with E-state index in [1.807, 2.05) is 0 Å². The first-order valence-electron chi connectivity index (χ1n) is 7.97. The maximum absolute atomic E-state index is 11.9. The van der Waals surface area contributed by atoms with Crippen molar-refractivity contribution in [1.82, 2.24) is 20.8 Å². The van der Waals surface area contributed by atoms with Gasteiger partial charge in [-0.3, -0.25) is 4.79 Å². The SMILES string of the molecule is CCOC(=O)NC(CNC(=O)CSCc1noc(C)n1)CC(C)C. The molecule has 24 heavy (non-hydrogen) atoms. The fourth-order valence-electron chi connectivity index (χ4n) is 2.02. The number of amides is 2. The lowest BCUT2D eigenvalue weighted by molar-refractivity contribution is -0.118. The number of aromatic nitrogens is 2. The monoisotopic (exact) mass is 358 g/mol. The van der Waals surface area contributed by atoms with E-state index in [1.165, 1.54) is 11.8 Å². The summed E-state index contributed by atoms with van der Waals surface area (Å²) in [6.45, 7) is 8.28. The van der Waals surface area contributed by atoms with Crippen molar-refractivity contribution in [3.8, 4) is 0 Å². The molecule has 1 aromatic heterocycles. The molecular formula is C15H26N4O4S. The van der Waals surface area contributed by atoms with Crippen LogP contribution in [0.15, 0.2) is 4.52 Å². The molecule has 2 amide bonds. The van der Waals surface area contributed by atoms with Crippen molar-refractivity contribution in [1.29, 1.82) is 0 Å². The van der Waals surface area contributed by atoms with Gasteiger partial charge >= 0.3 is 6.09 Å². The number of ether oxygens (including phenoxy) is 1. The number of aryl methyl sites for hydroxylation is 1. The third-order valence-corrected chi connectivity index (χ3v) is 3.86. The average molecular weight is 358 g/mol. The Kier molecular flexibility index (Phi) is 9.21. The van der Waals surface area contributed by atoms with Crippen molar-refractivity contribution in [2.75, 3.05) is 18.9 Å². The molecule has 0 saturated heterocycles. The standard InChI is InChI=1S/C15H26N4O4S/c1-5-22-15(21)18-12(6-10(2)3)7-16-14(20)9-24-8-13-17-11(4)23-19-13/h10,12H,5-9H2,1-4H3,(H,16,20)(H,18,21). The normalized spacial score (nSPS) is 12.0. The summed E-state index contributed by atoms with van der Waals surface area (Å²) >= 11 is 1.41. The van der Waals surface area contributed by atoms with Crippen LogP contribution in [0.2, 0.25) is 0 Å².